The number of hydrogen-bond acceptors (Lipinski definition) is 3. The Hall–Kier alpha value is -1.10. The average molecular weight is 311 g/mol. The number of amides is 2. The molecule has 1 fully saturated rings. The van der Waals surface area contributed by atoms with Crippen molar-refractivity contribution in [2.75, 3.05) is 19.6 Å². The van der Waals surface area contributed by atoms with Crippen LogP contribution >= 0.6 is 0 Å². The van der Waals surface area contributed by atoms with Gasteiger partial charge in [-0.15, -0.1) is 0 Å². The van der Waals surface area contributed by atoms with E-state index in [1.165, 1.54) is 0 Å². The fraction of sp³-hybridized carbons (Fsp3) is 0.882. The van der Waals surface area contributed by atoms with Gasteiger partial charge in [0.1, 0.15) is 0 Å². The molecule has 0 aromatic rings. The van der Waals surface area contributed by atoms with Crippen molar-refractivity contribution in [1.29, 1.82) is 0 Å². The van der Waals surface area contributed by atoms with Gasteiger partial charge in [-0.25, -0.2) is 0 Å². The van der Waals surface area contributed by atoms with Gasteiger partial charge in [0, 0.05) is 31.6 Å². The lowest BCUT2D eigenvalue weighted by Crippen LogP contribution is -2.50. The number of rotatable bonds is 7. The molecule has 1 saturated heterocycles. The van der Waals surface area contributed by atoms with Crippen LogP contribution in [0.2, 0.25) is 0 Å². The molecule has 0 radical (unpaired) electrons. The minimum Gasteiger partial charge on any atom is -0.352 e. The van der Waals surface area contributed by atoms with E-state index in [1.807, 2.05) is 18.7 Å². The van der Waals surface area contributed by atoms with Crippen molar-refractivity contribution in [3.63, 3.8) is 0 Å². The Bertz CT molecular complexity index is 371. The van der Waals surface area contributed by atoms with Crippen molar-refractivity contribution in [3.8, 4) is 0 Å². The second-order valence-electron chi connectivity index (χ2n) is 7.00. The third-order valence-corrected chi connectivity index (χ3v) is 4.52. The molecule has 0 saturated carbocycles. The number of hydrogen-bond donors (Lipinski definition) is 2. The van der Waals surface area contributed by atoms with Gasteiger partial charge < -0.3 is 16.0 Å². The van der Waals surface area contributed by atoms with E-state index in [2.05, 4.69) is 19.2 Å². The van der Waals surface area contributed by atoms with Crippen LogP contribution in [0.1, 0.15) is 53.4 Å². The molecule has 0 aromatic heterocycles. The van der Waals surface area contributed by atoms with Crippen LogP contribution in [0.15, 0.2) is 0 Å². The maximum atomic E-state index is 12.5. The summed E-state index contributed by atoms with van der Waals surface area (Å²) in [4.78, 5) is 26.6. The Morgan fingerprint density at radius 3 is 2.55 bits per heavy atom. The van der Waals surface area contributed by atoms with Gasteiger partial charge >= 0.3 is 0 Å². The molecule has 1 rings (SSSR count). The van der Waals surface area contributed by atoms with Crippen LogP contribution in [0.25, 0.3) is 0 Å². The Morgan fingerprint density at radius 2 is 2.00 bits per heavy atom. The predicted octanol–water partition coefficient (Wildman–Crippen LogP) is 1.76. The summed E-state index contributed by atoms with van der Waals surface area (Å²) in [7, 11) is 0. The maximum absolute atomic E-state index is 12.5. The summed E-state index contributed by atoms with van der Waals surface area (Å²) in [6, 6.07) is 0.0353. The summed E-state index contributed by atoms with van der Waals surface area (Å²) < 4.78 is 0. The highest BCUT2D eigenvalue weighted by Gasteiger charge is 2.30. The quantitative estimate of drug-likeness (QED) is 0.752. The summed E-state index contributed by atoms with van der Waals surface area (Å²) in [5.41, 5.74) is 5.75. The first kappa shape index (κ1) is 18.9. The summed E-state index contributed by atoms with van der Waals surface area (Å²) in [5.74, 6) is 0.682. The minimum absolute atomic E-state index is 0.0353. The lowest BCUT2D eigenvalue weighted by molar-refractivity contribution is -0.139. The molecule has 22 heavy (non-hydrogen) atoms. The van der Waals surface area contributed by atoms with Gasteiger partial charge in [0.05, 0.1) is 5.92 Å². The summed E-state index contributed by atoms with van der Waals surface area (Å²) in [6.45, 7) is 10.0. The third kappa shape index (κ3) is 5.59. The van der Waals surface area contributed by atoms with Gasteiger partial charge in [-0.1, -0.05) is 27.7 Å². The molecule has 3 N–H and O–H groups in total. The second-order valence-corrected chi connectivity index (χ2v) is 7.00. The number of nitrogens with one attached hydrogen (secondary N) is 1. The molecule has 3 unspecified atom stereocenters. The van der Waals surface area contributed by atoms with Crippen LogP contribution in [0.3, 0.4) is 0 Å². The van der Waals surface area contributed by atoms with E-state index in [0.717, 1.165) is 32.2 Å². The highest BCUT2D eigenvalue weighted by molar-refractivity contribution is 5.82. The highest BCUT2D eigenvalue weighted by atomic mass is 16.2. The molecule has 3 atom stereocenters. The largest absolute Gasteiger partial charge is 0.352 e. The summed E-state index contributed by atoms with van der Waals surface area (Å²) in [6.07, 6.45) is 3.49. The molecule has 0 bridgehead atoms. The molecule has 1 aliphatic rings. The third-order valence-electron chi connectivity index (χ3n) is 4.52. The zero-order valence-electron chi connectivity index (χ0n) is 14.6. The van der Waals surface area contributed by atoms with Crippen molar-refractivity contribution < 1.29 is 9.59 Å². The molecule has 0 aromatic carbocycles. The van der Waals surface area contributed by atoms with Gasteiger partial charge in [-0.2, -0.15) is 0 Å². The molecule has 128 valence electrons. The molecule has 5 nitrogen and oxygen atoms in total. The number of nitrogens with zero attached hydrogens (tertiary/aromatic N) is 1. The number of likely N-dealkylation sites (tertiary alicyclic amines) is 1. The Balaban J connectivity index is 2.56. The van der Waals surface area contributed by atoms with Gasteiger partial charge in [-0.3, -0.25) is 9.59 Å². The van der Waals surface area contributed by atoms with Gasteiger partial charge in [0.2, 0.25) is 11.8 Å². The smallest absolute Gasteiger partial charge is 0.225 e. The number of nitrogens with two attached hydrogens (primary N) is 1. The van der Waals surface area contributed by atoms with E-state index in [4.69, 9.17) is 5.73 Å². The summed E-state index contributed by atoms with van der Waals surface area (Å²) >= 11 is 0. The second kappa shape index (κ2) is 9.13. The molecule has 2 amide bonds. The van der Waals surface area contributed by atoms with Crippen molar-refractivity contribution in [2.45, 2.75) is 59.4 Å². The molecule has 0 spiro atoms. The number of piperidine rings is 1. The monoisotopic (exact) mass is 311 g/mol. The molecule has 5 heteroatoms. The minimum atomic E-state index is -0.0945. The zero-order valence-corrected chi connectivity index (χ0v) is 14.6. The van der Waals surface area contributed by atoms with Gasteiger partial charge in [0.15, 0.2) is 0 Å². The maximum Gasteiger partial charge on any atom is 0.225 e. The van der Waals surface area contributed by atoms with Crippen LogP contribution in [-0.2, 0) is 9.59 Å². The first-order valence-electron chi connectivity index (χ1n) is 8.68. The lowest BCUT2D eigenvalue weighted by atomic mass is 9.94. The molecular weight excluding hydrogens is 278 g/mol. The predicted molar refractivity (Wildman–Crippen MR) is 89.2 cm³/mol. The van der Waals surface area contributed by atoms with E-state index in [1.54, 1.807) is 0 Å². The molecule has 1 aliphatic heterocycles. The number of carbonyl (C=O) groups is 2. The zero-order chi connectivity index (χ0) is 16.7. The van der Waals surface area contributed by atoms with Crippen LogP contribution in [0.5, 0.6) is 0 Å². The average Bonchev–Trinajstić information content (AvgIpc) is 2.52. The first-order valence-corrected chi connectivity index (χ1v) is 8.68. The standard InChI is InChI=1S/C17H33N3O2/c1-5-13(4)17(22)20-8-6-7-14(11-20)16(21)19-15(10-18)9-12(2)3/h12-15H,5-11,18H2,1-4H3,(H,19,21). The van der Waals surface area contributed by atoms with Gasteiger partial charge in [-0.05, 0) is 31.6 Å². The van der Waals surface area contributed by atoms with Crippen LogP contribution in [0.4, 0.5) is 0 Å². The summed E-state index contributed by atoms with van der Waals surface area (Å²) in [5, 5.41) is 3.07. The van der Waals surface area contributed by atoms with E-state index in [-0.39, 0.29) is 29.7 Å². The van der Waals surface area contributed by atoms with Crippen molar-refractivity contribution in [1.82, 2.24) is 10.2 Å². The van der Waals surface area contributed by atoms with E-state index in [0.29, 0.717) is 19.0 Å². The highest BCUT2D eigenvalue weighted by Crippen LogP contribution is 2.20. The SMILES string of the molecule is CCC(C)C(=O)N1CCCC(C(=O)NC(CN)CC(C)C)C1. The van der Waals surface area contributed by atoms with Crippen LogP contribution < -0.4 is 11.1 Å². The molecular formula is C17H33N3O2. The van der Waals surface area contributed by atoms with E-state index >= 15 is 0 Å². The fourth-order valence-corrected chi connectivity index (χ4v) is 2.98. The fourth-order valence-electron chi connectivity index (χ4n) is 2.98. The molecule has 0 aliphatic carbocycles. The van der Waals surface area contributed by atoms with Gasteiger partial charge in [0.25, 0.3) is 0 Å². The van der Waals surface area contributed by atoms with Crippen molar-refractivity contribution >= 4 is 11.8 Å². The van der Waals surface area contributed by atoms with Crippen LogP contribution in [-0.4, -0.2) is 42.4 Å². The number of carbonyl (C=O) groups excluding carboxylic acids is 2. The lowest BCUT2D eigenvalue weighted by Gasteiger charge is -2.34. The van der Waals surface area contributed by atoms with Crippen molar-refractivity contribution in [2.24, 2.45) is 23.5 Å². The van der Waals surface area contributed by atoms with Crippen LogP contribution in [0, 0.1) is 17.8 Å². The normalized spacial score (nSPS) is 21.5. The first-order chi connectivity index (χ1) is 10.4. The Morgan fingerprint density at radius 1 is 1.32 bits per heavy atom. The topological polar surface area (TPSA) is 75.4 Å². The van der Waals surface area contributed by atoms with Crippen molar-refractivity contribution in [3.05, 3.63) is 0 Å². The Kier molecular flexibility index (Phi) is 7.87. The van der Waals surface area contributed by atoms with E-state index in [9.17, 15) is 9.59 Å². The van der Waals surface area contributed by atoms with E-state index < -0.39 is 0 Å². The Labute approximate surface area is 135 Å². The molecule has 1 heterocycles.